The van der Waals surface area contributed by atoms with Gasteiger partial charge in [-0.05, 0) is 54.8 Å². The van der Waals surface area contributed by atoms with E-state index in [0.717, 1.165) is 10.4 Å². The summed E-state index contributed by atoms with van der Waals surface area (Å²) in [4.78, 5) is 20.3. The van der Waals surface area contributed by atoms with Gasteiger partial charge >= 0.3 is 5.97 Å². The number of hydrogen-bond donors (Lipinski definition) is 2. The predicted molar refractivity (Wildman–Crippen MR) is 125 cm³/mol. The number of aryl methyl sites for hydroxylation is 3. The topological polar surface area (TPSA) is 75.6 Å². The lowest BCUT2D eigenvalue weighted by Gasteiger charge is -1.98. The number of hydrogen-bond acceptors (Lipinski definition) is 6. The van der Waals surface area contributed by atoms with Crippen LogP contribution in [-0.2, 0) is 9.53 Å². The van der Waals surface area contributed by atoms with Crippen LogP contribution in [0, 0.1) is 20.8 Å². The summed E-state index contributed by atoms with van der Waals surface area (Å²) in [5, 5.41) is 15.9. The molecule has 0 radical (unpaired) electrons. The van der Waals surface area contributed by atoms with Crippen molar-refractivity contribution in [3.8, 4) is 10.4 Å². The Morgan fingerprint density at radius 1 is 1.07 bits per heavy atom. The molecule has 0 fully saturated rings. The molecule has 5 nitrogen and oxygen atoms in total. The van der Waals surface area contributed by atoms with Crippen LogP contribution in [0.5, 0.6) is 0 Å². The van der Waals surface area contributed by atoms with Gasteiger partial charge < -0.3 is 20.0 Å². The van der Waals surface area contributed by atoms with Crippen molar-refractivity contribution in [2.45, 2.75) is 20.8 Å². The van der Waals surface area contributed by atoms with E-state index in [0.29, 0.717) is 10.6 Å². The number of benzene rings is 1. The number of carbonyl (C=O) groups is 2. The third-order valence-electron chi connectivity index (χ3n) is 3.66. The van der Waals surface area contributed by atoms with E-state index >= 15 is 0 Å². The molecule has 0 saturated heterocycles. The highest BCUT2D eigenvalue weighted by Crippen LogP contribution is 2.35. The molecule has 0 amide bonds. The van der Waals surface area contributed by atoms with Crippen LogP contribution >= 0.6 is 22.7 Å². The first-order valence-electron chi connectivity index (χ1n) is 8.64. The minimum absolute atomic E-state index is 0.360. The first-order chi connectivity index (χ1) is 13.8. The van der Waals surface area contributed by atoms with Crippen molar-refractivity contribution < 1.29 is 19.4 Å². The second-order valence-electron chi connectivity index (χ2n) is 5.92. The summed E-state index contributed by atoms with van der Waals surface area (Å²) >= 11 is 2.90. The van der Waals surface area contributed by atoms with Crippen LogP contribution in [0.1, 0.15) is 26.4 Å². The Kier molecular flexibility index (Phi) is 13.3. The largest absolute Gasteiger partial charge is 0.477 e. The van der Waals surface area contributed by atoms with Crippen LogP contribution in [-0.4, -0.2) is 39.1 Å². The van der Waals surface area contributed by atoms with Crippen molar-refractivity contribution in [1.82, 2.24) is 0 Å². The maximum Gasteiger partial charge on any atom is 0.348 e. The molecular formula is C22H29NO4S2. The molecule has 0 spiro atoms. The minimum atomic E-state index is -0.883. The summed E-state index contributed by atoms with van der Waals surface area (Å²) in [6, 6.07) is 10.4. The minimum Gasteiger partial charge on any atom is -0.477 e. The summed E-state index contributed by atoms with van der Waals surface area (Å²) in [6.45, 7) is 8.39. The number of carboxylic acid groups (broad SMARTS) is 1. The second kappa shape index (κ2) is 14.5. The van der Waals surface area contributed by atoms with Gasteiger partial charge in [-0.25, -0.2) is 4.79 Å². The zero-order valence-electron chi connectivity index (χ0n) is 17.7. The maximum absolute atomic E-state index is 10.9. The van der Waals surface area contributed by atoms with Gasteiger partial charge in [0.15, 0.2) is 0 Å². The third kappa shape index (κ3) is 9.04. The summed E-state index contributed by atoms with van der Waals surface area (Å²) < 4.78 is 4.25. The first kappa shape index (κ1) is 26.5. The van der Waals surface area contributed by atoms with Crippen molar-refractivity contribution in [3.05, 3.63) is 62.7 Å². The second-order valence-corrected chi connectivity index (χ2v) is 7.75. The van der Waals surface area contributed by atoms with Gasteiger partial charge in [-0.15, -0.1) is 11.3 Å². The monoisotopic (exact) mass is 435 g/mol. The Bertz CT molecular complexity index is 858. The van der Waals surface area contributed by atoms with E-state index < -0.39 is 5.97 Å². The van der Waals surface area contributed by atoms with Crippen molar-refractivity contribution in [3.63, 3.8) is 0 Å². The molecule has 29 heavy (non-hydrogen) atoms. The Morgan fingerprint density at radius 2 is 1.69 bits per heavy atom. The highest BCUT2D eigenvalue weighted by molar-refractivity contribution is 7.18. The number of methoxy groups -OCH3 is 1. The summed E-state index contributed by atoms with van der Waals surface area (Å²) in [7, 11) is 4.98. The standard InChI is InChI=1S/C10H9NO2S2.C9H12.C2H6O.CH2O/c1-11-7-4-8(6-2-3-14-5-6)15-9(7)10(12)13;1-7-4-5-8(2)9(3)6-7;1-3-2;1-2/h2-5,11H,1H3,(H,12,13);4-6H,1-3H3;1-2H3;1H2. The van der Waals surface area contributed by atoms with Crippen molar-refractivity contribution in [1.29, 1.82) is 0 Å². The van der Waals surface area contributed by atoms with Crippen LogP contribution in [0.25, 0.3) is 10.4 Å². The summed E-state index contributed by atoms with van der Waals surface area (Å²) in [5.41, 5.74) is 5.86. The van der Waals surface area contributed by atoms with E-state index in [2.05, 4.69) is 49.0 Å². The molecule has 0 aliphatic rings. The number of carbonyl (C=O) groups excluding carboxylic acids is 1. The zero-order chi connectivity index (χ0) is 22.4. The first-order valence-corrected chi connectivity index (χ1v) is 10.4. The molecule has 0 saturated carbocycles. The van der Waals surface area contributed by atoms with Gasteiger partial charge in [0.25, 0.3) is 0 Å². The zero-order valence-corrected chi connectivity index (χ0v) is 19.4. The van der Waals surface area contributed by atoms with E-state index in [1.807, 2.05) is 29.7 Å². The Morgan fingerprint density at radius 3 is 2.07 bits per heavy atom. The predicted octanol–water partition coefficient (Wildman–Crippen LogP) is 5.91. The molecule has 0 unspecified atom stereocenters. The maximum atomic E-state index is 10.9. The lowest BCUT2D eigenvalue weighted by atomic mass is 10.1. The number of aromatic carboxylic acids is 1. The van der Waals surface area contributed by atoms with E-state index in [1.54, 1.807) is 32.6 Å². The normalized spacial score (nSPS) is 9.03. The Labute approximate surface area is 181 Å². The van der Waals surface area contributed by atoms with Gasteiger partial charge in [0.2, 0.25) is 0 Å². The van der Waals surface area contributed by atoms with Crippen LogP contribution in [0.2, 0.25) is 0 Å². The Hall–Kier alpha value is -2.48. The number of ether oxygens (including phenoxy) is 1. The average molecular weight is 436 g/mol. The molecule has 0 bridgehead atoms. The van der Waals surface area contributed by atoms with Crippen molar-refractivity contribution in [2.24, 2.45) is 0 Å². The molecule has 2 heterocycles. The molecule has 0 atom stereocenters. The van der Waals surface area contributed by atoms with Crippen LogP contribution in [0.4, 0.5) is 5.69 Å². The smallest absolute Gasteiger partial charge is 0.348 e. The Balaban J connectivity index is 0.000000478. The third-order valence-corrected chi connectivity index (χ3v) is 5.52. The fraction of sp³-hybridized carbons (Fsp3) is 0.273. The van der Waals surface area contributed by atoms with Crippen LogP contribution < -0.4 is 5.32 Å². The van der Waals surface area contributed by atoms with E-state index in [-0.39, 0.29) is 0 Å². The number of rotatable bonds is 3. The molecular weight excluding hydrogens is 406 g/mol. The molecule has 0 aliphatic carbocycles. The molecule has 3 rings (SSSR count). The van der Waals surface area contributed by atoms with Gasteiger partial charge in [-0.1, -0.05) is 23.8 Å². The molecule has 0 aliphatic heterocycles. The molecule has 2 aromatic heterocycles. The van der Waals surface area contributed by atoms with Gasteiger partial charge in [0.05, 0.1) is 5.69 Å². The lowest BCUT2D eigenvalue weighted by molar-refractivity contribution is -0.0980. The van der Waals surface area contributed by atoms with Crippen LogP contribution in [0.15, 0.2) is 41.1 Å². The quantitative estimate of drug-likeness (QED) is 0.535. The van der Waals surface area contributed by atoms with Crippen molar-refractivity contribution in [2.75, 3.05) is 26.6 Å². The number of nitrogens with one attached hydrogen (secondary N) is 1. The lowest BCUT2D eigenvalue weighted by Crippen LogP contribution is -1.97. The molecule has 1 aromatic carbocycles. The molecule has 2 N–H and O–H groups in total. The highest BCUT2D eigenvalue weighted by Gasteiger charge is 2.15. The highest BCUT2D eigenvalue weighted by atomic mass is 32.1. The van der Waals surface area contributed by atoms with Gasteiger partial charge in [0, 0.05) is 31.7 Å². The SMILES string of the molecule is C=O.CNc1cc(-c2ccsc2)sc1C(=O)O.COC.Cc1ccc(C)c(C)c1. The fourth-order valence-electron chi connectivity index (χ4n) is 2.17. The van der Waals surface area contributed by atoms with Gasteiger partial charge in [-0.3, -0.25) is 0 Å². The van der Waals surface area contributed by atoms with Crippen LogP contribution in [0.3, 0.4) is 0 Å². The van der Waals surface area contributed by atoms with Gasteiger partial charge in [-0.2, -0.15) is 11.3 Å². The van der Waals surface area contributed by atoms with E-state index in [9.17, 15) is 4.79 Å². The van der Waals surface area contributed by atoms with Crippen molar-refractivity contribution >= 4 is 41.1 Å². The number of carboxylic acids is 1. The summed E-state index contributed by atoms with van der Waals surface area (Å²) in [5.74, 6) is -0.883. The number of anilines is 1. The average Bonchev–Trinajstić information content (AvgIpc) is 3.37. The molecule has 7 heteroatoms. The van der Waals surface area contributed by atoms with E-state index in [1.165, 1.54) is 28.0 Å². The fourth-order valence-corrected chi connectivity index (χ4v) is 3.90. The summed E-state index contributed by atoms with van der Waals surface area (Å²) in [6.07, 6.45) is 0. The molecule has 158 valence electrons. The van der Waals surface area contributed by atoms with Gasteiger partial charge in [0.1, 0.15) is 11.7 Å². The molecule has 3 aromatic rings. The van der Waals surface area contributed by atoms with E-state index in [4.69, 9.17) is 9.90 Å². The number of thiophene rings is 2.